The van der Waals surface area contributed by atoms with Crippen LogP contribution in [-0.2, 0) is 11.3 Å². The minimum atomic E-state index is -0.153. The Hall–Kier alpha value is -2.22. The molecule has 2 aromatic heterocycles. The number of nitrogens with one attached hydrogen (secondary N) is 3. The van der Waals surface area contributed by atoms with Crippen LogP contribution in [0.15, 0.2) is 35.1 Å². The van der Waals surface area contributed by atoms with Gasteiger partial charge in [0.05, 0.1) is 12.6 Å². The zero-order valence-corrected chi connectivity index (χ0v) is 17.0. The summed E-state index contributed by atoms with van der Waals surface area (Å²) >= 11 is 7.35. The van der Waals surface area contributed by atoms with Gasteiger partial charge < -0.3 is 15.2 Å². The second-order valence-electron chi connectivity index (χ2n) is 6.88. The largest absolute Gasteiger partial charge is 0.349 e. The van der Waals surface area contributed by atoms with Gasteiger partial charge in [-0.1, -0.05) is 23.7 Å². The molecule has 0 bridgehead atoms. The molecule has 0 radical (unpaired) electrons. The predicted molar refractivity (Wildman–Crippen MR) is 109 cm³/mol. The van der Waals surface area contributed by atoms with Gasteiger partial charge in [0.15, 0.2) is 12.4 Å². The average Bonchev–Trinajstić information content (AvgIpc) is 2.99. The number of fused-ring (bicyclic) bond motifs is 1. The molecule has 2 heterocycles. The highest BCUT2D eigenvalue weighted by Crippen LogP contribution is 2.31. The van der Waals surface area contributed by atoms with Gasteiger partial charge >= 0.3 is 0 Å². The van der Waals surface area contributed by atoms with Crippen molar-refractivity contribution < 1.29 is 9.69 Å². The van der Waals surface area contributed by atoms with Gasteiger partial charge in [-0.2, -0.15) is 0 Å². The normalized spacial score (nSPS) is 12.5. The Balaban J connectivity index is 1.81. The summed E-state index contributed by atoms with van der Waals surface area (Å²) in [5, 5.41) is 3.54. The molecule has 0 aliphatic heterocycles. The molecule has 0 aliphatic carbocycles. The fraction of sp³-hybridized carbons (Fsp3) is 0.316. The van der Waals surface area contributed by atoms with E-state index in [4.69, 9.17) is 11.6 Å². The molecule has 0 spiro atoms. The second kappa shape index (κ2) is 8.21. The number of halogens is 1. The molecular formula is C19H22ClN4O2S+. The van der Waals surface area contributed by atoms with Gasteiger partial charge in [0, 0.05) is 15.9 Å². The molecule has 3 rings (SSSR count). The molecule has 0 aliphatic rings. The standard InChI is InChI=1S/C19H21ClN4O2S/c1-11(2)21-17(25)10-24(3)9-16-22-14-8-15(27-18(14)19(26)23-16)12-4-6-13(20)7-5-12/h4-8,11H,9-10H2,1-3H3,(H,21,25)(H,22,23,26)/p+1. The lowest BCUT2D eigenvalue weighted by molar-refractivity contribution is -0.886. The summed E-state index contributed by atoms with van der Waals surface area (Å²) in [4.78, 5) is 33.7. The van der Waals surface area contributed by atoms with Gasteiger partial charge in [-0.05, 0) is 37.6 Å². The maximum atomic E-state index is 12.5. The number of aromatic nitrogens is 2. The Morgan fingerprint density at radius 2 is 2.04 bits per heavy atom. The Morgan fingerprint density at radius 1 is 1.33 bits per heavy atom. The molecule has 1 amide bonds. The fourth-order valence-electron chi connectivity index (χ4n) is 2.82. The van der Waals surface area contributed by atoms with Crippen LogP contribution >= 0.6 is 22.9 Å². The van der Waals surface area contributed by atoms with Gasteiger partial charge in [-0.25, -0.2) is 4.98 Å². The highest BCUT2D eigenvalue weighted by Gasteiger charge is 2.15. The van der Waals surface area contributed by atoms with Crippen LogP contribution in [0.2, 0.25) is 5.02 Å². The van der Waals surface area contributed by atoms with Crippen LogP contribution in [0.1, 0.15) is 19.7 Å². The fourth-order valence-corrected chi connectivity index (χ4v) is 3.95. The van der Waals surface area contributed by atoms with Crippen LogP contribution in [-0.4, -0.2) is 35.5 Å². The zero-order valence-electron chi connectivity index (χ0n) is 15.4. The van der Waals surface area contributed by atoms with Crippen molar-refractivity contribution >= 4 is 39.1 Å². The van der Waals surface area contributed by atoms with Crippen molar-refractivity contribution in [1.29, 1.82) is 0 Å². The van der Waals surface area contributed by atoms with E-state index in [2.05, 4.69) is 15.3 Å². The molecule has 1 unspecified atom stereocenters. The molecule has 3 aromatic rings. The Morgan fingerprint density at radius 3 is 2.70 bits per heavy atom. The first-order valence-electron chi connectivity index (χ1n) is 8.71. The van der Waals surface area contributed by atoms with Crippen molar-refractivity contribution in [2.45, 2.75) is 26.4 Å². The van der Waals surface area contributed by atoms with Gasteiger partial charge in [0.1, 0.15) is 11.2 Å². The van der Waals surface area contributed by atoms with E-state index in [-0.39, 0.29) is 17.5 Å². The molecule has 0 saturated heterocycles. The SMILES string of the molecule is CC(C)NC(=O)C[NH+](C)Cc1nc2cc(-c3ccc(Cl)cc3)sc2c(=O)[nH]1. The number of carbonyl (C=O) groups excluding carboxylic acids is 1. The molecule has 142 valence electrons. The van der Waals surface area contributed by atoms with Crippen LogP contribution in [0.3, 0.4) is 0 Å². The van der Waals surface area contributed by atoms with E-state index in [0.717, 1.165) is 15.3 Å². The van der Waals surface area contributed by atoms with Crippen molar-refractivity contribution in [2.75, 3.05) is 13.6 Å². The Bertz CT molecular complexity index is 1010. The smallest absolute Gasteiger partial charge is 0.275 e. The second-order valence-corrected chi connectivity index (χ2v) is 8.37. The number of hydrogen-bond donors (Lipinski definition) is 3. The van der Waals surface area contributed by atoms with E-state index in [1.165, 1.54) is 11.3 Å². The number of thiophene rings is 1. The van der Waals surface area contributed by atoms with Crippen molar-refractivity contribution in [3.05, 3.63) is 51.5 Å². The number of nitrogens with zero attached hydrogens (tertiary/aromatic N) is 1. The lowest BCUT2D eigenvalue weighted by Crippen LogP contribution is -3.09. The van der Waals surface area contributed by atoms with Gasteiger partial charge in [-0.3, -0.25) is 9.59 Å². The highest BCUT2D eigenvalue weighted by molar-refractivity contribution is 7.22. The number of amides is 1. The number of rotatable bonds is 6. The third kappa shape index (κ3) is 4.94. The molecule has 1 aromatic carbocycles. The van der Waals surface area contributed by atoms with Crippen LogP contribution in [0.25, 0.3) is 20.7 Å². The van der Waals surface area contributed by atoms with E-state index in [1.807, 2.05) is 51.2 Å². The summed E-state index contributed by atoms with van der Waals surface area (Å²) in [6.45, 7) is 4.63. The summed E-state index contributed by atoms with van der Waals surface area (Å²) < 4.78 is 0.596. The van der Waals surface area contributed by atoms with Crippen molar-refractivity contribution in [1.82, 2.24) is 15.3 Å². The molecule has 1 atom stereocenters. The third-order valence-corrected chi connectivity index (χ3v) is 5.37. The summed E-state index contributed by atoms with van der Waals surface area (Å²) in [6, 6.07) is 9.52. The molecule has 0 fully saturated rings. The molecule has 0 saturated carbocycles. The maximum Gasteiger partial charge on any atom is 0.275 e. The lowest BCUT2D eigenvalue weighted by Gasteiger charge is -2.14. The van der Waals surface area contributed by atoms with E-state index in [0.29, 0.717) is 34.2 Å². The number of carbonyl (C=O) groups is 1. The zero-order chi connectivity index (χ0) is 19.6. The predicted octanol–water partition coefficient (Wildman–Crippen LogP) is 1.84. The van der Waals surface area contributed by atoms with Crippen LogP contribution < -0.4 is 15.8 Å². The summed E-state index contributed by atoms with van der Waals surface area (Å²) in [5.74, 6) is 0.550. The quantitative estimate of drug-likeness (QED) is 0.585. The van der Waals surface area contributed by atoms with Crippen LogP contribution in [0.4, 0.5) is 0 Å². The summed E-state index contributed by atoms with van der Waals surface area (Å²) in [5.41, 5.74) is 1.51. The van der Waals surface area contributed by atoms with Gasteiger partial charge in [0.2, 0.25) is 0 Å². The van der Waals surface area contributed by atoms with Gasteiger partial charge in [-0.15, -0.1) is 11.3 Å². The van der Waals surface area contributed by atoms with Gasteiger partial charge in [0.25, 0.3) is 11.5 Å². The van der Waals surface area contributed by atoms with Crippen LogP contribution in [0.5, 0.6) is 0 Å². The first-order valence-corrected chi connectivity index (χ1v) is 9.90. The summed E-state index contributed by atoms with van der Waals surface area (Å²) in [6.07, 6.45) is 0. The maximum absolute atomic E-state index is 12.5. The van der Waals surface area contributed by atoms with E-state index in [9.17, 15) is 9.59 Å². The number of benzene rings is 1. The van der Waals surface area contributed by atoms with Crippen LogP contribution in [0, 0.1) is 0 Å². The van der Waals surface area contributed by atoms with E-state index in [1.54, 1.807) is 0 Å². The van der Waals surface area contributed by atoms with Crippen molar-refractivity contribution in [2.24, 2.45) is 0 Å². The molecule has 3 N–H and O–H groups in total. The molecular weight excluding hydrogens is 384 g/mol. The van der Waals surface area contributed by atoms with Crippen molar-refractivity contribution in [3.8, 4) is 10.4 Å². The minimum Gasteiger partial charge on any atom is -0.349 e. The van der Waals surface area contributed by atoms with E-state index < -0.39 is 0 Å². The monoisotopic (exact) mass is 405 g/mol. The molecule has 6 nitrogen and oxygen atoms in total. The number of hydrogen-bond acceptors (Lipinski definition) is 4. The molecule has 8 heteroatoms. The number of H-pyrrole nitrogens is 1. The highest BCUT2D eigenvalue weighted by atomic mass is 35.5. The topological polar surface area (TPSA) is 79.3 Å². The first-order chi connectivity index (χ1) is 12.8. The molecule has 27 heavy (non-hydrogen) atoms. The lowest BCUT2D eigenvalue weighted by atomic mass is 10.2. The Labute approximate surface area is 166 Å². The first kappa shape index (κ1) is 19.5. The number of likely N-dealkylation sites (N-methyl/N-ethyl adjacent to an activating group) is 1. The van der Waals surface area contributed by atoms with E-state index >= 15 is 0 Å². The third-order valence-electron chi connectivity index (χ3n) is 3.94. The number of aromatic amines is 1. The number of quaternary nitrogens is 1. The minimum absolute atomic E-state index is 0.0218. The van der Waals surface area contributed by atoms with Crippen molar-refractivity contribution in [3.63, 3.8) is 0 Å². The average molecular weight is 406 g/mol. The summed E-state index contributed by atoms with van der Waals surface area (Å²) in [7, 11) is 1.90. The Kier molecular flexibility index (Phi) is 5.94.